The fourth-order valence-corrected chi connectivity index (χ4v) is 1.64. The summed E-state index contributed by atoms with van der Waals surface area (Å²) in [5, 5.41) is 11.8. The predicted octanol–water partition coefficient (Wildman–Crippen LogP) is 3.59. The molecule has 3 nitrogen and oxygen atoms in total. The van der Waals surface area contributed by atoms with Crippen LogP contribution in [0.5, 0.6) is 0 Å². The van der Waals surface area contributed by atoms with Crippen LogP contribution >= 0.6 is 11.6 Å². The van der Waals surface area contributed by atoms with E-state index in [1.54, 1.807) is 0 Å². The fraction of sp³-hybridized carbons (Fsp3) is 0.667. The van der Waals surface area contributed by atoms with Crippen molar-refractivity contribution >= 4 is 17.4 Å². The third kappa shape index (κ3) is 3.63. The standard InChI is InChI=1S/C12H20ClN3/c1-8(2)6-5-7-14-12-10(4)9(3)11(13)15-16-12/h8H,5-7H2,1-4H3,(H,14,16). The highest BCUT2D eigenvalue weighted by molar-refractivity contribution is 6.30. The summed E-state index contributed by atoms with van der Waals surface area (Å²) in [6.45, 7) is 9.38. The number of hydrogen-bond acceptors (Lipinski definition) is 3. The number of halogens is 1. The van der Waals surface area contributed by atoms with Crippen molar-refractivity contribution < 1.29 is 0 Å². The van der Waals surface area contributed by atoms with Crippen LogP contribution in [0.1, 0.15) is 37.8 Å². The number of rotatable bonds is 5. The van der Waals surface area contributed by atoms with Crippen LogP contribution in [0.25, 0.3) is 0 Å². The zero-order valence-electron chi connectivity index (χ0n) is 10.5. The summed E-state index contributed by atoms with van der Waals surface area (Å²) in [6.07, 6.45) is 2.38. The van der Waals surface area contributed by atoms with E-state index < -0.39 is 0 Å². The number of anilines is 1. The Kier molecular flexibility index (Phi) is 5.00. The highest BCUT2D eigenvalue weighted by Crippen LogP contribution is 2.20. The zero-order chi connectivity index (χ0) is 12.1. The molecular formula is C12H20ClN3. The van der Waals surface area contributed by atoms with Gasteiger partial charge in [0.05, 0.1) is 0 Å². The first-order chi connectivity index (χ1) is 7.52. The highest BCUT2D eigenvalue weighted by Gasteiger charge is 2.07. The van der Waals surface area contributed by atoms with Crippen molar-refractivity contribution in [2.24, 2.45) is 5.92 Å². The van der Waals surface area contributed by atoms with E-state index in [0.29, 0.717) is 5.15 Å². The van der Waals surface area contributed by atoms with Gasteiger partial charge in [0.25, 0.3) is 0 Å². The second-order valence-electron chi connectivity index (χ2n) is 4.55. The van der Waals surface area contributed by atoms with E-state index in [2.05, 4.69) is 29.4 Å². The largest absolute Gasteiger partial charge is 0.368 e. The van der Waals surface area contributed by atoms with Crippen LogP contribution in [-0.4, -0.2) is 16.7 Å². The number of hydrogen-bond donors (Lipinski definition) is 1. The van der Waals surface area contributed by atoms with Crippen molar-refractivity contribution in [2.75, 3.05) is 11.9 Å². The van der Waals surface area contributed by atoms with Crippen LogP contribution in [0.3, 0.4) is 0 Å². The minimum absolute atomic E-state index is 0.491. The molecule has 0 amide bonds. The van der Waals surface area contributed by atoms with Gasteiger partial charge in [0.1, 0.15) is 0 Å². The molecule has 4 heteroatoms. The first-order valence-corrected chi connectivity index (χ1v) is 6.13. The van der Waals surface area contributed by atoms with Crippen molar-refractivity contribution in [1.29, 1.82) is 0 Å². The Bertz CT molecular complexity index is 350. The molecular weight excluding hydrogens is 222 g/mol. The van der Waals surface area contributed by atoms with Crippen LogP contribution < -0.4 is 5.32 Å². The van der Waals surface area contributed by atoms with E-state index in [4.69, 9.17) is 11.6 Å². The zero-order valence-corrected chi connectivity index (χ0v) is 11.2. The second kappa shape index (κ2) is 6.04. The van der Waals surface area contributed by atoms with E-state index in [0.717, 1.165) is 35.8 Å². The van der Waals surface area contributed by atoms with Crippen molar-refractivity contribution in [3.8, 4) is 0 Å². The van der Waals surface area contributed by atoms with E-state index in [-0.39, 0.29) is 0 Å². The molecule has 0 atom stereocenters. The Hall–Kier alpha value is -0.830. The molecule has 0 bridgehead atoms. The molecule has 0 aliphatic carbocycles. The maximum Gasteiger partial charge on any atom is 0.155 e. The van der Waals surface area contributed by atoms with E-state index in [9.17, 15) is 0 Å². The average Bonchev–Trinajstić information content (AvgIpc) is 2.23. The Morgan fingerprint density at radius 3 is 2.50 bits per heavy atom. The molecule has 16 heavy (non-hydrogen) atoms. The van der Waals surface area contributed by atoms with Gasteiger partial charge in [-0.25, -0.2) is 0 Å². The molecule has 0 saturated heterocycles. The SMILES string of the molecule is Cc1c(Cl)nnc(NCCCC(C)C)c1C. The molecule has 0 aliphatic heterocycles. The molecule has 1 aromatic rings. The molecule has 0 fully saturated rings. The minimum atomic E-state index is 0.491. The van der Waals surface area contributed by atoms with Gasteiger partial charge in [-0.05, 0) is 43.7 Å². The first kappa shape index (κ1) is 13.2. The number of aromatic nitrogens is 2. The summed E-state index contributed by atoms with van der Waals surface area (Å²) in [5.41, 5.74) is 2.09. The topological polar surface area (TPSA) is 37.8 Å². The third-order valence-corrected chi connectivity index (χ3v) is 3.07. The molecule has 0 radical (unpaired) electrons. The molecule has 0 aliphatic rings. The van der Waals surface area contributed by atoms with Gasteiger partial charge in [-0.1, -0.05) is 25.4 Å². The monoisotopic (exact) mass is 241 g/mol. The summed E-state index contributed by atoms with van der Waals surface area (Å²) in [6, 6.07) is 0. The van der Waals surface area contributed by atoms with Crippen LogP contribution in [0, 0.1) is 19.8 Å². The lowest BCUT2D eigenvalue weighted by Gasteiger charge is -2.10. The molecule has 1 aromatic heterocycles. The molecule has 1 rings (SSSR count). The minimum Gasteiger partial charge on any atom is -0.368 e. The van der Waals surface area contributed by atoms with Gasteiger partial charge in [-0.2, -0.15) is 0 Å². The van der Waals surface area contributed by atoms with E-state index >= 15 is 0 Å². The van der Waals surface area contributed by atoms with Gasteiger partial charge >= 0.3 is 0 Å². The second-order valence-corrected chi connectivity index (χ2v) is 4.91. The Morgan fingerprint density at radius 2 is 1.88 bits per heavy atom. The first-order valence-electron chi connectivity index (χ1n) is 5.75. The smallest absolute Gasteiger partial charge is 0.155 e. The van der Waals surface area contributed by atoms with Crippen LogP contribution in [0.15, 0.2) is 0 Å². The molecule has 0 saturated carbocycles. The molecule has 1 heterocycles. The van der Waals surface area contributed by atoms with Crippen molar-refractivity contribution in [2.45, 2.75) is 40.5 Å². The maximum atomic E-state index is 5.89. The van der Waals surface area contributed by atoms with E-state index in [1.807, 2.05) is 13.8 Å². The summed E-state index contributed by atoms with van der Waals surface area (Å²) in [4.78, 5) is 0. The molecule has 1 N–H and O–H groups in total. The summed E-state index contributed by atoms with van der Waals surface area (Å²) >= 11 is 5.89. The predicted molar refractivity (Wildman–Crippen MR) is 69.1 cm³/mol. The summed E-state index contributed by atoms with van der Waals surface area (Å²) in [7, 11) is 0. The van der Waals surface area contributed by atoms with Gasteiger partial charge in [-0.15, -0.1) is 10.2 Å². The normalized spacial score (nSPS) is 10.9. The fourth-order valence-electron chi connectivity index (χ4n) is 1.46. The van der Waals surface area contributed by atoms with Gasteiger partial charge in [-0.3, -0.25) is 0 Å². The molecule has 0 unspecified atom stereocenters. The number of nitrogens with one attached hydrogen (secondary N) is 1. The van der Waals surface area contributed by atoms with E-state index in [1.165, 1.54) is 6.42 Å². The summed E-state index contributed by atoms with van der Waals surface area (Å²) in [5.74, 6) is 1.60. The summed E-state index contributed by atoms with van der Waals surface area (Å²) < 4.78 is 0. The van der Waals surface area contributed by atoms with Crippen LogP contribution in [0.4, 0.5) is 5.82 Å². The number of nitrogens with zero attached hydrogens (tertiary/aromatic N) is 2. The molecule has 90 valence electrons. The van der Waals surface area contributed by atoms with Gasteiger partial charge in [0.2, 0.25) is 0 Å². The molecule has 0 spiro atoms. The van der Waals surface area contributed by atoms with Gasteiger partial charge in [0, 0.05) is 6.54 Å². The Labute approximate surface area is 103 Å². The lowest BCUT2D eigenvalue weighted by molar-refractivity contribution is 0.566. The van der Waals surface area contributed by atoms with Gasteiger partial charge < -0.3 is 5.32 Å². The van der Waals surface area contributed by atoms with Crippen molar-refractivity contribution in [3.63, 3.8) is 0 Å². The van der Waals surface area contributed by atoms with Gasteiger partial charge in [0.15, 0.2) is 11.0 Å². The lowest BCUT2D eigenvalue weighted by Crippen LogP contribution is -2.08. The molecule has 0 aromatic carbocycles. The quantitative estimate of drug-likeness (QED) is 0.801. The third-order valence-electron chi connectivity index (χ3n) is 2.72. The van der Waals surface area contributed by atoms with Crippen LogP contribution in [-0.2, 0) is 0 Å². The van der Waals surface area contributed by atoms with Crippen molar-refractivity contribution in [1.82, 2.24) is 10.2 Å². The Balaban J connectivity index is 2.52. The average molecular weight is 242 g/mol. The van der Waals surface area contributed by atoms with Crippen LogP contribution in [0.2, 0.25) is 5.15 Å². The lowest BCUT2D eigenvalue weighted by atomic mass is 10.1. The maximum absolute atomic E-state index is 5.89. The highest BCUT2D eigenvalue weighted by atomic mass is 35.5. The Morgan fingerprint density at radius 1 is 1.19 bits per heavy atom. The van der Waals surface area contributed by atoms with Crippen molar-refractivity contribution in [3.05, 3.63) is 16.3 Å².